The largest absolute Gasteiger partial charge is 0.485 e. The Morgan fingerprint density at radius 1 is 1.07 bits per heavy atom. The average molecular weight is 430 g/mol. The first-order valence-electron chi connectivity index (χ1n) is 9.56. The van der Waals surface area contributed by atoms with Crippen LogP contribution in [-0.2, 0) is 25.5 Å². The van der Waals surface area contributed by atoms with Crippen LogP contribution in [0.25, 0.3) is 11.0 Å². The highest BCUT2D eigenvalue weighted by molar-refractivity contribution is 7.86. The molecule has 0 N–H and O–H groups in total. The summed E-state index contributed by atoms with van der Waals surface area (Å²) in [4.78, 5) is 11.6. The Hall–Kier alpha value is -2.68. The minimum atomic E-state index is -3.82. The molecule has 2 aromatic carbocycles. The second kappa shape index (κ2) is 7.86. The normalized spacial score (nSPS) is 18.0. The van der Waals surface area contributed by atoms with Crippen LogP contribution in [0.4, 0.5) is 0 Å². The number of hydrogen-bond donors (Lipinski definition) is 0. The molecule has 7 nitrogen and oxygen atoms in total. The zero-order chi connectivity index (χ0) is 21.4. The molecule has 0 bridgehead atoms. The third-order valence-corrected chi connectivity index (χ3v) is 6.36. The summed E-state index contributed by atoms with van der Waals surface area (Å²) < 4.78 is 46.7. The minimum Gasteiger partial charge on any atom is -0.485 e. The summed E-state index contributed by atoms with van der Waals surface area (Å²) in [5.41, 5.74) is 0.326. The van der Waals surface area contributed by atoms with Crippen molar-refractivity contribution >= 4 is 21.1 Å². The van der Waals surface area contributed by atoms with Crippen LogP contribution in [0.1, 0.15) is 19.4 Å². The summed E-state index contributed by atoms with van der Waals surface area (Å²) in [6, 6.07) is 14.7. The van der Waals surface area contributed by atoms with Crippen molar-refractivity contribution in [3.8, 4) is 5.75 Å². The zero-order valence-corrected chi connectivity index (χ0v) is 17.5. The first kappa shape index (κ1) is 20.6. The van der Waals surface area contributed by atoms with Gasteiger partial charge in [-0.3, -0.25) is 4.18 Å². The summed E-state index contributed by atoms with van der Waals surface area (Å²) >= 11 is 0. The summed E-state index contributed by atoms with van der Waals surface area (Å²) in [6.07, 6.45) is 0.268. The Morgan fingerprint density at radius 2 is 1.83 bits per heavy atom. The maximum absolute atomic E-state index is 12.2. The second-order valence-electron chi connectivity index (χ2n) is 7.61. The third kappa shape index (κ3) is 4.26. The maximum Gasteiger partial charge on any atom is 0.336 e. The van der Waals surface area contributed by atoms with Gasteiger partial charge in [-0.05, 0) is 43.7 Å². The molecule has 0 spiro atoms. The monoisotopic (exact) mass is 430 g/mol. The SMILES string of the molecule is CC1(C)Oc2cc3oc(=O)ccc3cc2C[C@@H]1OCCOS(=O)(=O)c1ccccc1. The molecular formula is C22H22O7S. The van der Waals surface area contributed by atoms with E-state index in [9.17, 15) is 13.2 Å². The van der Waals surface area contributed by atoms with Crippen LogP contribution in [0.3, 0.4) is 0 Å². The van der Waals surface area contributed by atoms with Gasteiger partial charge in [-0.1, -0.05) is 18.2 Å². The Morgan fingerprint density at radius 3 is 2.60 bits per heavy atom. The Labute approximate surface area is 174 Å². The molecule has 0 amide bonds. The number of hydrogen-bond acceptors (Lipinski definition) is 7. The van der Waals surface area contributed by atoms with Crippen LogP contribution in [0.5, 0.6) is 5.75 Å². The number of rotatable bonds is 6. The number of ether oxygens (including phenoxy) is 2. The van der Waals surface area contributed by atoms with E-state index in [1.165, 1.54) is 18.2 Å². The average Bonchev–Trinajstić information content (AvgIpc) is 2.70. The molecule has 1 atom stereocenters. The lowest BCUT2D eigenvalue weighted by Gasteiger charge is -2.39. The van der Waals surface area contributed by atoms with Gasteiger partial charge in [0.2, 0.25) is 0 Å². The van der Waals surface area contributed by atoms with E-state index in [4.69, 9.17) is 18.1 Å². The van der Waals surface area contributed by atoms with Crippen molar-refractivity contribution in [1.29, 1.82) is 0 Å². The van der Waals surface area contributed by atoms with E-state index < -0.39 is 21.3 Å². The molecule has 0 saturated carbocycles. The smallest absolute Gasteiger partial charge is 0.336 e. The van der Waals surface area contributed by atoms with E-state index in [2.05, 4.69) is 0 Å². The Kier molecular flexibility index (Phi) is 5.40. The van der Waals surface area contributed by atoms with Gasteiger partial charge >= 0.3 is 5.63 Å². The Bertz CT molecular complexity index is 1210. The van der Waals surface area contributed by atoms with Gasteiger partial charge in [0.1, 0.15) is 23.0 Å². The first-order chi connectivity index (χ1) is 14.2. The van der Waals surface area contributed by atoms with Crippen LogP contribution in [0, 0.1) is 0 Å². The standard InChI is InChI=1S/C22H22O7S/c1-22(2)20(26-10-11-27-30(24,25)17-6-4-3-5-7-17)13-16-12-15-8-9-21(23)28-18(15)14-19(16)29-22/h3-9,12,14,20H,10-11,13H2,1-2H3/t20-/m0/s1. The van der Waals surface area contributed by atoms with Crippen molar-refractivity contribution in [2.75, 3.05) is 13.2 Å². The van der Waals surface area contributed by atoms with Crippen LogP contribution >= 0.6 is 0 Å². The van der Waals surface area contributed by atoms with E-state index in [0.29, 0.717) is 17.8 Å². The highest BCUT2D eigenvalue weighted by atomic mass is 32.2. The quantitative estimate of drug-likeness (QED) is 0.337. The van der Waals surface area contributed by atoms with E-state index in [1.54, 1.807) is 30.3 Å². The minimum absolute atomic E-state index is 0.0977. The molecular weight excluding hydrogens is 408 g/mol. The third-order valence-electron chi connectivity index (χ3n) is 5.03. The van der Waals surface area contributed by atoms with E-state index >= 15 is 0 Å². The highest BCUT2D eigenvalue weighted by Gasteiger charge is 2.38. The maximum atomic E-state index is 12.2. The molecule has 30 heavy (non-hydrogen) atoms. The molecule has 2 heterocycles. The van der Waals surface area contributed by atoms with Crippen molar-refractivity contribution in [3.05, 3.63) is 70.6 Å². The molecule has 0 radical (unpaired) electrons. The van der Waals surface area contributed by atoms with Gasteiger partial charge < -0.3 is 13.9 Å². The van der Waals surface area contributed by atoms with Crippen LogP contribution < -0.4 is 10.4 Å². The van der Waals surface area contributed by atoms with Crippen LogP contribution in [0.15, 0.2) is 68.7 Å². The molecule has 8 heteroatoms. The van der Waals surface area contributed by atoms with Crippen molar-refractivity contribution < 1.29 is 26.5 Å². The molecule has 1 aliphatic heterocycles. The van der Waals surface area contributed by atoms with Gasteiger partial charge in [0.15, 0.2) is 0 Å². The number of benzene rings is 2. The summed E-state index contributed by atoms with van der Waals surface area (Å²) in [7, 11) is -3.82. The van der Waals surface area contributed by atoms with Crippen molar-refractivity contribution in [1.82, 2.24) is 0 Å². The zero-order valence-electron chi connectivity index (χ0n) is 16.7. The van der Waals surface area contributed by atoms with Gasteiger partial charge in [0.25, 0.3) is 10.1 Å². The van der Waals surface area contributed by atoms with Gasteiger partial charge in [-0.25, -0.2) is 4.79 Å². The molecule has 158 valence electrons. The van der Waals surface area contributed by atoms with Crippen LogP contribution in [0.2, 0.25) is 0 Å². The predicted molar refractivity (Wildman–Crippen MR) is 110 cm³/mol. The van der Waals surface area contributed by atoms with Crippen molar-refractivity contribution in [2.24, 2.45) is 0 Å². The Balaban J connectivity index is 1.43. The van der Waals surface area contributed by atoms with Crippen molar-refractivity contribution in [2.45, 2.75) is 36.9 Å². The van der Waals surface area contributed by atoms with Gasteiger partial charge in [0, 0.05) is 23.9 Å². The van der Waals surface area contributed by atoms with Gasteiger partial charge in [0.05, 0.1) is 18.1 Å². The summed E-state index contributed by atoms with van der Waals surface area (Å²) in [5, 5.41) is 0.799. The van der Waals surface area contributed by atoms with E-state index in [1.807, 2.05) is 19.9 Å². The fraction of sp³-hybridized carbons (Fsp3) is 0.318. The predicted octanol–water partition coefficient (Wildman–Crippen LogP) is 3.30. The van der Waals surface area contributed by atoms with Crippen LogP contribution in [-0.4, -0.2) is 33.3 Å². The summed E-state index contributed by atoms with van der Waals surface area (Å²) in [5.74, 6) is 0.643. The molecule has 3 aromatic rings. The fourth-order valence-corrected chi connectivity index (χ4v) is 4.36. The molecule has 0 saturated heterocycles. The molecule has 0 fully saturated rings. The van der Waals surface area contributed by atoms with Crippen molar-refractivity contribution in [3.63, 3.8) is 0 Å². The lowest BCUT2D eigenvalue weighted by atomic mass is 9.90. The highest BCUT2D eigenvalue weighted by Crippen LogP contribution is 2.37. The van der Waals surface area contributed by atoms with Gasteiger partial charge in [-0.2, -0.15) is 8.42 Å². The molecule has 0 unspecified atom stereocenters. The van der Waals surface area contributed by atoms with E-state index in [-0.39, 0.29) is 24.2 Å². The fourth-order valence-electron chi connectivity index (χ4n) is 3.44. The molecule has 4 rings (SSSR count). The van der Waals surface area contributed by atoms with Gasteiger partial charge in [-0.15, -0.1) is 0 Å². The lowest BCUT2D eigenvalue weighted by Crippen LogP contribution is -2.48. The molecule has 1 aromatic heterocycles. The topological polar surface area (TPSA) is 92.0 Å². The summed E-state index contributed by atoms with van der Waals surface area (Å²) in [6.45, 7) is 3.79. The van der Waals surface area contributed by atoms with E-state index in [0.717, 1.165) is 10.9 Å². The second-order valence-corrected chi connectivity index (χ2v) is 9.23. The molecule has 0 aliphatic carbocycles. The molecule has 1 aliphatic rings. The lowest BCUT2D eigenvalue weighted by molar-refractivity contribution is -0.0881. The first-order valence-corrected chi connectivity index (χ1v) is 11.0. The number of fused-ring (bicyclic) bond motifs is 2.